The summed E-state index contributed by atoms with van der Waals surface area (Å²) < 4.78 is 13.3. The lowest BCUT2D eigenvalue weighted by molar-refractivity contribution is 0.628. The molecule has 3 rings (SSSR count). The molecule has 0 unspecified atom stereocenters. The standard InChI is InChI=1S/C16H12ClFN4/c17-14-8-15(20-10-11-3-2-6-19-9-11)22-16(21-14)12-4-1-5-13(18)7-12/h1-9H,10H2,(H,20,21,22). The Kier molecular flexibility index (Phi) is 4.25. The molecule has 0 fully saturated rings. The van der Waals surface area contributed by atoms with Crippen LogP contribution in [0.15, 0.2) is 54.9 Å². The van der Waals surface area contributed by atoms with E-state index in [0.717, 1.165) is 5.56 Å². The SMILES string of the molecule is Fc1cccc(-c2nc(Cl)cc(NCc3cccnc3)n2)c1. The number of halogens is 2. The van der Waals surface area contributed by atoms with Crippen LogP contribution in [0.5, 0.6) is 0 Å². The number of hydrogen-bond donors (Lipinski definition) is 1. The van der Waals surface area contributed by atoms with Gasteiger partial charge in [0.1, 0.15) is 16.8 Å². The number of benzene rings is 1. The molecule has 0 atom stereocenters. The second-order valence-electron chi connectivity index (χ2n) is 4.62. The van der Waals surface area contributed by atoms with Crippen molar-refractivity contribution in [2.45, 2.75) is 6.54 Å². The molecular formula is C16H12ClFN4. The molecule has 4 nitrogen and oxygen atoms in total. The van der Waals surface area contributed by atoms with Gasteiger partial charge in [0.05, 0.1) is 0 Å². The number of nitrogens with zero attached hydrogens (tertiary/aromatic N) is 3. The average molecular weight is 315 g/mol. The molecule has 0 aliphatic carbocycles. The van der Waals surface area contributed by atoms with Crippen molar-refractivity contribution in [3.05, 3.63) is 71.4 Å². The van der Waals surface area contributed by atoms with Crippen molar-refractivity contribution in [3.63, 3.8) is 0 Å². The molecule has 0 aliphatic heterocycles. The summed E-state index contributed by atoms with van der Waals surface area (Å²) in [5.41, 5.74) is 1.59. The number of nitrogens with one attached hydrogen (secondary N) is 1. The molecule has 2 heterocycles. The van der Waals surface area contributed by atoms with Crippen LogP contribution in [0.25, 0.3) is 11.4 Å². The van der Waals surface area contributed by atoms with Gasteiger partial charge in [0.15, 0.2) is 5.82 Å². The van der Waals surface area contributed by atoms with Crippen LogP contribution in [0.1, 0.15) is 5.56 Å². The van der Waals surface area contributed by atoms with Crippen LogP contribution in [0, 0.1) is 5.82 Å². The lowest BCUT2D eigenvalue weighted by atomic mass is 10.2. The summed E-state index contributed by atoms with van der Waals surface area (Å²) in [5.74, 6) is 0.606. The van der Waals surface area contributed by atoms with Gasteiger partial charge in [0.25, 0.3) is 0 Å². The monoisotopic (exact) mass is 314 g/mol. The van der Waals surface area contributed by atoms with Crippen molar-refractivity contribution in [1.82, 2.24) is 15.0 Å². The van der Waals surface area contributed by atoms with Gasteiger partial charge in [0.2, 0.25) is 0 Å². The molecule has 0 radical (unpaired) electrons. The summed E-state index contributed by atoms with van der Waals surface area (Å²) in [4.78, 5) is 12.6. The largest absolute Gasteiger partial charge is 0.366 e. The minimum atomic E-state index is -0.342. The minimum Gasteiger partial charge on any atom is -0.366 e. The number of pyridine rings is 1. The van der Waals surface area contributed by atoms with Gasteiger partial charge in [-0.1, -0.05) is 29.8 Å². The fourth-order valence-corrected chi connectivity index (χ4v) is 2.14. The normalized spacial score (nSPS) is 10.5. The van der Waals surface area contributed by atoms with E-state index >= 15 is 0 Å². The van der Waals surface area contributed by atoms with Crippen molar-refractivity contribution < 1.29 is 4.39 Å². The van der Waals surface area contributed by atoms with E-state index in [1.807, 2.05) is 12.1 Å². The van der Waals surface area contributed by atoms with Crippen LogP contribution in [-0.4, -0.2) is 15.0 Å². The maximum Gasteiger partial charge on any atom is 0.163 e. The number of aromatic nitrogens is 3. The fourth-order valence-electron chi connectivity index (χ4n) is 1.96. The maximum absolute atomic E-state index is 13.3. The predicted molar refractivity (Wildman–Crippen MR) is 84.0 cm³/mol. The molecular weight excluding hydrogens is 303 g/mol. The van der Waals surface area contributed by atoms with Gasteiger partial charge >= 0.3 is 0 Å². The third-order valence-corrected chi connectivity index (χ3v) is 3.17. The highest BCUT2D eigenvalue weighted by Gasteiger charge is 2.07. The van der Waals surface area contributed by atoms with Crippen molar-refractivity contribution in [2.75, 3.05) is 5.32 Å². The van der Waals surface area contributed by atoms with E-state index in [9.17, 15) is 4.39 Å². The van der Waals surface area contributed by atoms with Crippen LogP contribution in [0.3, 0.4) is 0 Å². The van der Waals surface area contributed by atoms with E-state index in [-0.39, 0.29) is 5.82 Å². The quantitative estimate of drug-likeness (QED) is 0.741. The zero-order valence-electron chi connectivity index (χ0n) is 11.5. The van der Waals surface area contributed by atoms with Crippen molar-refractivity contribution >= 4 is 17.4 Å². The Hall–Kier alpha value is -2.53. The second-order valence-corrected chi connectivity index (χ2v) is 5.01. The second kappa shape index (κ2) is 6.49. The summed E-state index contributed by atoms with van der Waals surface area (Å²) in [7, 11) is 0. The van der Waals surface area contributed by atoms with Gasteiger partial charge in [-0.25, -0.2) is 14.4 Å². The van der Waals surface area contributed by atoms with Gasteiger partial charge in [-0.05, 0) is 23.8 Å². The van der Waals surface area contributed by atoms with Gasteiger partial charge in [-0.15, -0.1) is 0 Å². The molecule has 22 heavy (non-hydrogen) atoms. The van der Waals surface area contributed by atoms with E-state index in [0.29, 0.717) is 28.9 Å². The first-order chi connectivity index (χ1) is 10.7. The Morgan fingerprint density at radius 2 is 2.00 bits per heavy atom. The molecule has 6 heteroatoms. The number of anilines is 1. The fraction of sp³-hybridized carbons (Fsp3) is 0.0625. The van der Waals surface area contributed by atoms with Crippen LogP contribution in [-0.2, 0) is 6.54 Å². The van der Waals surface area contributed by atoms with Gasteiger partial charge in [0, 0.05) is 30.6 Å². The third kappa shape index (κ3) is 3.56. The van der Waals surface area contributed by atoms with E-state index in [4.69, 9.17) is 11.6 Å². The molecule has 0 saturated carbocycles. The van der Waals surface area contributed by atoms with Gasteiger partial charge in [-0.2, -0.15) is 0 Å². The lowest BCUT2D eigenvalue weighted by Crippen LogP contribution is -2.03. The molecule has 110 valence electrons. The van der Waals surface area contributed by atoms with E-state index in [2.05, 4.69) is 20.3 Å². The average Bonchev–Trinajstić information content (AvgIpc) is 2.53. The highest BCUT2D eigenvalue weighted by Crippen LogP contribution is 2.21. The first-order valence-corrected chi connectivity index (χ1v) is 7.02. The predicted octanol–water partition coefficient (Wildman–Crippen LogP) is 3.94. The van der Waals surface area contributed by atoms with E-state index < -0.39 is 0 Å². The van der Waals surface area contributed by atoms with Gasteiger partial charge < -0.3 is 5.32 Å². The van der Waals surface area contributed by atoms with E-state index in [1.54, 1.807) is 30.6 Å². The zero-order valence-corrected chi connectivity index (χ0v) is 12.3. The number of rotatable bonds is 4. The van der Waals surface area contributed by atoms with E-state index in [1.165, 1.54) is 12.1 Å². The molecule has 0 spiro atoms. The summed E-state index contributed by atoms with van der Waals surface area (Å²) in [6, 6.07) is 11.5. The Bertz CT molecular complexity index is 780. The zero-order chi connectivity index (χ0) is 15.4. The van der Waals surface area contributed by atoms with Crippen molar-refractivity contribution in [3.8, 4) is 11.4 Å². The van der Waals surface area contributed by atoms with Crippen LogP contribution in [0.2, 0.25) is 5.15 Å². The molecule has 0 aliphatic rings. The molecule has 3 aromatic rings. The maximum atomic E-state index is 13.3. The van der Waals surface area contributed by atoms with Crippen molar-refractivity contribution in [1.29, 1.82) is 0 Å². The molecule has 0 amide bonds. The van der Waals surface area contributed by atoms with Crippen LogP contribution >= 0.6 is 11.6 Å². The smallest absolute Gasteiger partial charge is 0.163 e. The Balaban J connectivity index is 1.84. The summed E-state index contributed by atoms with van der Waals surface area (Å²) in [6.07, 6.45) is 3.48. The first-order valence-electron chi connectivity index (χ1n) is 6.64. The van der Waals surface area contributed by atoms with Crippen LogP contribution < -0.4 is 5.32 Å². The summed E-state index contributed by atoms with van der Waals surface area (Å²) >= 11 is 6.02. The highest BCUT2D eigenvalue weighted by atomic mass is 35.5. The molecule has 1 aromatic carbocycles. The minimum absolute atomic E-state index is 0.294. The molecule has 0 bridgehead atoms. The molecule has 0 saturated heterocycles. The summed E-state index contributed by atoms with van der Waals surface area (Å²) in [6.45, 7) is 0.559. The molecule has 1 N–H and O–H groups in total. The Morgan fingerprint density at radius 1 is 1.09 bits per heavy atom. The third-order valence-electron chi connectivity index (χ3n) is 2.97. The highest BCUT2D eigenvalue weighted by molar-refractivity contribution is 6.29. The van der Waals surface area contributed by atoms with Gasteiger partial charge in [-0.3, -0.25) is 4.98 Å². The van der Waals surface area contributed by atoms with Crippen LogP contribution in [0.4, 0.5) is 10.2 Å². The topological polar surface area (TPSA) is 50.7 Å². The first kappa shape index (κ1) is 14.4. The molecule has 2 aromatic heterocycles. The Labute approximate surface area is 132 Å². The van der Waals surface area contributed by atoms with Crippen molar-refractivity contribution in [2.24, 2.45) is 0 Å². The summed E-state index contributed by atoms with van der Waals surface area (Å²) in [5, 5.41) is 3.45. The lowest BCUT2D eigenvalue weighted by Gasteiger charge is -2.08. The Morgan fingerprint density at radius 3 is 2.77 bits per heavy atom. The number of hydrogen-bond acceptors (Lipinski definition) is 4.